The van der Waals surface area contributed by atoms with E-state index in [4.69, 9.17) is 4.74 Å². The van der Waals surface area contributed by atoms with E-state index in [1.54, 1.807) is 0 Å². The van der Waals surface area contributed by atoms with Crippen LogP contribution in [0.2, 0.25) is 0 Å². The number of carbonyl (C=O) groups is 2. The zero-order valence-corrected chi connectivity index (χ0v) is 22.4. The summed E-state index contributed by atoms with van der Waals surface area (Å²) >= 11 is 0. The zero-order chi connectivity index (χ0) is 29.9. The van der Waals surface area contributed by atoms with Crippen molar-refractivity contribution < 1.29 is 41.0 Å². The third-order valence-electron chi connectivity index (χ3n) is 6.54. The summed E-state index contributed by atoms with van der Waals surface area (Å²) in [4.78, 5) is 35.7. The van der Waals surface area contributed by atoms with Gasteiger partial charge in [0, 0.05) is 44.6 Å². The maximum absolute atomic E-state index is 13.7. The van der Waals surface area contributed by atoms with Gasteiger partial charge in [-0.15, -0.1) is 0 Å². The highest BCUT2D eigenvalue weighted by Crippen LogP contribution is 2.29. The van der Waals surface area contributed by atoms with Crippen LogP contribution in [-0.4, -0.2) is 60.0 Å². The molecule has 0 bridgehead atoms. The molecule has 2 N–H and O–H groups in total. The van der Waals surface area contributed by atoms with Gasteiger partial charge in [0.1, 0.15) is 11.6 Å². The molecule has 1 amide bonds. The van der Waals surface area contributed by atoms with Crippen molar-refractivity contribution in [1.82, 2.24) is 15.3 Å². The van der Waals surface area contributed by atoms with Gasteiger partial charge in [0.15, 0.2) is 11.6 Å². The van der Waals surface area contributed by atoms with Gasteiger partial charge in [-0.2, -0.15) is 18.2 Å². The number of fused-ring (bicyclic) bond motifs is 1. The first kappa shape index (κ1) is 29.7. The van der Waals surface area contributed by atoms with E-state index in [9.17, 15) is 31.5 Å². The summed E-state index contributed by atoms with van der Waals surface area (Å²) < 4.78 is 75.4. The number of aromatic nitrogens is 2. The molecule has 1 heterocycles. The van der Waals surface area contributed by atoms with E-state index >= 15 is 0 Å². The Labute approximate surface area is 232 Å². The van der Waals surface area contributed by atoms with E-state index < -0.39 is 47.3 Å². The van der Waals surface area contributed by atoms with E-state index in [-0.39, 0.29) is 6.04 Å². The number of ether oxygens (including phenoxy) is 2. The average Bonchev–Trinajstić information content (AvgIpc) is 2.90. The van der Waals surface area contributed by atoms with Crippen LogP contribution in [0.3, 0.4) is 0 Å². The highest BCUT2D eigenvalue weighted by molar-refractivity contribution is 5.90. The van der Waals surface area contributed by atoms with Crippen LogP contribution in [0.1, 0.15) is 32.6 Å². The van der Waals surface area contributed by atoms with Gasteiger partial charge in [-0.05, 0) is 49.9 Å². The molecule has 1 unspecified atom stereocenters. The number of carbonyl (C=O) groups excluding carboxylic acids is 2. The van der Waals surface area contributed by atoms with Crippen molar-refractivity contribution in [1.29, 1.82) is 0 Å². The molecule has 220 valence electrons. The first-order valence-corrected chi connectivity index (χ1v) is 12.7. The summed E-state index contributed by atoms with van der Waals surface area (Å²) in [7, 11) is 3.75. The van der Waals surface area contributed by atoms with Gasteiger partial charge in [-0.25, -0.2) is 18.6 Å². The van der Waals surface area contributed by atoms with Crippen LogP contribution in [0.15, 0.2) is 42.5 Å². The molecule has 0 aliphatic heterocycles. The average molecular weight is 582 g/mol. The smallest absolute Gasteiger partial charge is 0.444 e. The van der Waals surface area contributed by atoms with Gasteiger partial charge < -0.3 is 25.0 Å². The number of anilines is 2. The second-order valence-corrected chi connectivity index (χ2v) is 9.96. The summed E-state index contributed by atoms with van der Waals surface area (Å²) in [6, 6.07) is 9.12. The lowest BCUT2D eigenvalue weighted by Gasteiger charge is -2.34. The number of hydrogen-bond donors (Lipinski definition) is 2. The lowest BCUT2D eigenvalue weighted by atomic mass is 9.91. The van der Waals surface area contributed by atoms with E-state index in [1.807, 2.05) is 43.3 Å². The number of alkyl halides is 3. The van der Waals surface area contributed by atoms with E-state index in [0.29, 0.717) is 43.8 Å². The quantitative estimate of drug-likeness (QED) is 0.224. The number of hydrogen-bond acceptors (Lipinski definition) is 8. The Kier molecular flexibility index (Phi) is 8.50. The molecule has 1 aliphatic rings. The molecule has 14 heteroatoms. The Morgan fingerprint density at radius 1 is 0.951 bits per heavy atom. The van der Waals surface area contributed by atoms with Crippen LogP contribution in [0.25, 0.3) is 10.9 Å². The van der Waals surface area contributed by atoms with Crippen LogP contribution in [-0.2, 0) is 14.3 Å². The molecule has 4 rings (SSSR count). The standard InChI is InChI=1S/C27H28F5N5O4/c1-26(41-24(39)27(30,31)32,40-17-12-13-19(28)20(29)14-17)23(38)33-15-8-10-16(11-9-15)34-25-35-21-7-5-4-6-18(21)22(36-25)37(2)3/h4-7,12-16H,8-11H2,1-3H3,(H,33,38)(H,34,35,36). The van der Waals surface area contributed by atoms with Crippen molar-refractivity contribution in [2.45, 2.75) is 56.7 Å². The SMILES string of the molecule is CN(C)c1nc(NC2CCC(NC(=O)C(C)(OC(=O)C(F)(F)F)Oc3ccc(F)c(F)c3)CC2)nc2ccccc12. The number of halogens is 5. The van der Waals surface area contributed by atoms with Gasteiger partial charge in [-0.3, -0.25) is 4.79 Å². The maximum atomic E-state index is 13.7. The van der Waals surface area contributed by atoms with Crippen molar-refractivity contribution in [2.75, 3.05) is 24.3 Å². The Hall–Kier alpha value is -4.23. The fourth-order valence-corrected chi connectivity index (χ4v) is 4.46. The molecule has 9 nitrogen and oxygen atoms in total. The maximum Gasteiger partial charge on any atom is 0.491 e. The Morgan fingerprint density at radius 2 is 1.61 bits per heavy atom. The number of nitrogens with zero attached hydrogens (tertiary/aromatic N) is 3. The lowest BCUT2D eigenvalue weighted by Crippen LogP contribution is -2.56. The first-order valence-electron chi connectivity index (χ1n) is 12.7. The number of para-hydroxylation sites is 1. The molecule has 0 spiro atoms. The topological polar surface area (TPSA) is 106 Å². The fourth-order valence-electron chi connectivity index (χ4n) is 4.46. The minimum absolute atomic E-state index is 0.0489. The van der Waals surface area contributed by atoms with E-state index in [1.165, 1.54) is 0 Å². The molecule has 41 heavy (non-hydrogen) atoms. The second-order valence-electron chi connectivity index (χ2n) is 9.96. The molecule has 1 aromatic heterocycles. The predicted molar refractivity (Wildman–Crippen MR) is 139 cm³/mol. The Morgan fingerprint density at radius 3 is 2.24 bits per heavy atom. The van der Waals surface area contributed by atoms with Gasteiger partial charge in [0.25, 0.3) is 0 Å². The second kappa shape index (κ2) is 11.7. The molecule has 1 atom stereocenters. The molecule has 1 aliphatic carbocycles. The van der Waals surface area contributed by atoms with Crippen LogP contribution < -0.4 is 20.3 Å². The summed E-state index contributed by atoms with van der Waals surface area (Å²) in [6.45, 7) is 0.791. The van der Waals surface area contributed by atoms with E-state index in [2.05, 4.69) is 25.3 Å². The number of amides is 1. The molecule has 1 saturated carbocycles. The van der Waals surface area contributed by atoms with Gasteiger partial charge in [0.05, 0.1) is 5.52 Å². The molecular weight excluding hydrogens is 553 g/mol. The normalized spacial score (nSPS) is 18.7. The van der Waals surface area contributed by atoms with Crippen molar-refractivity contribution in [2.24, 2.45) is 0 Å². The monoisotopic (exact) mass is 581 g/mol. The van der Waals surface area contributed by atoms with Gasteiger partial charge in [0.2, 0.25) is 5.95 Å². The van der Waals surface area contributed by atoms with Crippen molar-refractivity contribution in [3.05, 3.63) is 54.1 Å². The van der Waals surface area contributed by atoms with Crippen molar-refractivity contribution in [3.8, 4) is 5.75 Å². The highest BCUT2D eigenvalue weighted by Gasteiger charge is 2.50. The number of benzene rings is 2. The van der Waals surface area contributed by atoms with Crippen LogP contribution in [0, 0.1) is 11.6 Å². The molecule has 0 radical (unpaired) electrons. The van der Waals surface area contributed by atoms with E-state index in [0.717, 1.165) is 29.7 Å². The van der Waals surface area contributed by atoms with Crippen LogP contribution >= 0.6 is 0 Å². The minimum atomic E-state index is -5.43. The minimum Gasteiger partial charge on any atom is -0.444 e. The summed E-state index contributed by atoms with van der Waals surface area (Å²) in [6.07, 6.45) is -3.47. The zero-order valence-electron chi connectivity index (χ0n) is 22.4. The summed E-state index contributed by atoms with van der Waals surface area (Å²) in [5.74, 6) is -8.65. The number of rotatable bonds is 8. The van der Waals surface area contributed by atoms with Crippen LogP contribution in [0.5, 0.6) is 5.75 Å². The van der Waals surface area contributed by atoms with Gasteiger partial charge >= 0.3 is 23.8 Å². The summed E-state index contributed by atoms with van der Waals surface area (Å²) in [5.41, 5.74) is 0.767. The molecule has 0 saturated heterocycles. The summed E-state index contributed by atoms with van der Waals surface area (Å²) in [5, 5.41) is 6.76. The lowest BCUT2D eigenvalue weighted by molar-refractivity contribution is -0.234. The van der Waals surface area contributed by atoms with Crippen LogP contribution in [0.4, 0.5) is 33.7 Å². The van der Waals surface area contributed by atoms with Crippen molar-refractivity contribution >= 4 is 34.5 Å². The number of esters is 1. The highest BCUT2D eigenvalue weighted by atomic mass is 19.4. The first-order chi connectivity index (χ1) is 19.2. The number of nitrogens with one attached hydrogen (secondary N) is 2. The van der Waals surface area contributed by atoms with Gasteiger partial charge in [-0.1, -0.05) is 12.1 Å². The largest absolute Gasteiger partial charge is 0.491 e. The predicted octanol–water partition coefficient (Wildman–Crippen LogP) is 4.71. The third kappa shape index (κ3) is 7.11. The molecule has 3 aromatic rings. The molecular formula is C27H28F5N5O4. The Balaban J connectivity index is 1.42. The third-order valence-corrected chi connectivity index (χ3v) is 6.54. The Bertz CT molecular complexity index is 1430. The molecule has 1 fully saturated rings. The van der Waals surface area contributed by atoms with Crippen molar-refractivity contribution in [3.63, 3.8) is 0 Å². The fraction of sp³-hybridized carbons (Fsp3) is 0.407. The molecule has 2 aromatic carbocycles.